The van der Waals surface area contributed by atoms with Crippen LogP contribution in [-0.2, 0) is 14.3 Å². The van der Waals surface area contributed by atoms with E-state index in [4.69, 9.17) is 4.74 Å². The normalized spacial score (nSPS) is 16.7. The van der Waals surface area contributed by atoms with Crippen molar-refractivity contribution in [3.8, 4) is 5.69 Å². The minimum Gasteiger partial charge on any atom is -0.378 e. The van der Waals surface area contributed by atoms with E-state index in [1.54, 1.807) is 11.0 Å². The fourth-order valence-electron chi connectivity index (χ4n) is 4.16. The summed E-state index contributed by atoms with van der Waals surface area (Å²) in [4.78, 5) is 29.4. The Morgan fingerprint density at radius 1 is 1.12 bits per heavy atom. The molecule has 1 atom stereocenters. The van der Waals surface area contributed by atoms with Crippen molar-refractivity contribution < 1.29 is 14.3 Å². The molecule has 0 aliphatic carbocycles. The number of aromatic nitrogens is 3. The van der Waals surface area contributed by atoms with Gasteiger partial charge < -0.3 is 15.0 Å². The summed E-state index contributed by atoms with van der Waals surface area (Å²) in [5.41, 5.74) is 3.40. The van der Waals surface area contributed by atoms with Gasteiger partial charge in [-0.25, -0.2) is 0 Å². The topological polar surface area (TPSA) is 92.6 Å². The molecular weight excluding hydrogens is 452 g/mol. The van der Waals surface area contributed by atoms with Crippen LogP contribution in [0.1, 0.15) is 12.5 Å². The molecule has 0 saturated carbocycles. The molecule has 1 fully saturated rings. The highest BCUT2D eigenvalue weighted by Crippen LogP contribution is 2.34. The van der Waals surface area contributed by atoms with Crippen LogP contribution in [0.4, 0.5) is 17.3 Å². The second-order valence-corrected chi connectivity index (χ2v) is 9.61. The monoisotopic (exact) mass is 478 g/mol. The summed E-state index contributed by atoms with van der Waals surface area (Å²) in [5, 5.41) is 11.9. The summed E-state index contributed by atoms with van der Waals surface area (Å²) < 4.78 is 7.51. The molecule has 5 rings (SSSR count). The zero-order valence-corrected chi connectivity index (χ0v) is 19.9. The van der Waals surface area contributed by atoms with E-state index in [-0.39, 0.29) is 18.4 Å². The summed E-state index contributed by atoms with van der Waals surface area (Å²) in [6.45, 7) is 6.59. The molecule has 3 aromatic rings. The maximum absolute atomic E-state index is 13.5. The number of morpholine rings is 1. The molecule has 2 aromatic carbocycles. The lowest BCUT2D eigenvalue weighted by atomic mass is 10.2. The quantitative estimate of drug-likeness (QED) is 0.564. The molecule has 0 radical (unpaired) electrons. The first-order valence-electron chi connectivity index (χ1n) is 11.2. The number of para-hydroxylation sites is 2. The van der Waals surface area contributed by atoms with Gasteiger partial charge in [0, 0.05) is 13.1 Å². The lowest BCUT2D eigenvalue weighted by Crippen LogP contribution is -2.45. The van der Waals surface area contributed by atoms with Gasteiger partial charge in [0.2, 0.25) is 17.8 Å². The van der Waals surface area contributed by atoms with Crippen molar-refractivity contribution in [2.45, 2.75) is 24.3 Å². The molecule has 10 heteroatoms. The molecule has 1 N–H and O–H groups in total. The minimum atomic E-state index is -0.482. The lowest BCUT2D eigenvalue weighted by Gasteiger charge is -2.31. The third-order valence-corrected chi connectivity index (χ3v) is 6.87. The number of fused-ring (bicyclic) bond motifs is 1. The standard InChI is InChI=1S/C24H26N6O3S/c1-16-6-5-7-18(14-16)30-23(28-10-12-33-13-11-28)26-27-24(30)34-17(2)22(32)29-15-21(31)25-19-8-3-4-9-20(19)29/h3-9,14,17H,10-13,15H2,1-2H3,(H,25,31). The van der Waals surface area contributed by atoms with Gasteiger partial charge in [-0.3, -0.25) is 19.1 Å². The first kappa shape index (κ1) is 22.4. The van der Waals surface area contributed by atoms with Gasteiger partial charge in [0.1, 0.15) is 6.54 Å². The van der Waals surface area contributed by atoms with Crippen LogP contribution in [-0.4, -0.2) is 64.7 Å². The number of nitrogens with zero attached hydrogens (tertiary/aromatic N) is 5. The first-order valence-corrected chi connectivity index (χ1v) is 12.1. The molecular formula is C24H26N6O3S. The number of hydrogen-bond acceptors (Lipinski definition) is 7. The summed E-state index contributed by atoms with van der Waals surface area (Å²) >= 11 is 1.34. The van der Waals surface area contributed by atoms with Gasteiger partial charge in [-0.15, -0.1) is 10.2 Å². The molecule has 1 unspecified atom stereocenters. The molecule has 34 heavy (non-hydrogen) atoms. The number of carbonyl (C=O) groups excluding carboxylic acids is 2. The van der Waals surface area contributed by atoms with E-state index in [0.717, 1.165) is 30.3 Å². The van der Waals surface area contributed by atoms with Crippen LogP contribution in [0.3, 0.4) is 0 Å². The summed E-state index contributed by atoms with van der Waals surface area (Å²) in [6.07, 6.45) is 0. The molecule has 3 heterocycles. The Kier molecular flexibility index (Phi) is 6.25. The van der Waals surface area contributed by atoms with E-state index in [9.17, 15) is 9.59 Å². The second kappa shape index (κ2) is 9.47. The predicted octanol–water partition coefficient (Wildman–Crippen LogP) is 2.88. The maximum atomic E-state index is 13.5. The van der Waals surface area contributed by atoms with E-state index in [1.807, 2.05) is 54.8 Å². The van der Waals surface area contributed by atoms with Gasteiger partial charge in [-0.2, -0.15) is 0 Å². The smallest absolute Gasteiger partial charge is 0.244 e. The van der Waals surface area contributed by atoms with Crippen LogP contribution >= 0.6 is 11.8 Å². The van der Waals surface area contributed by atoms with E-state index in [1.165, 1.54) is 11.8 Å². The fraction of sp³-hybridized carbons (Fsp3) is 0.333. The van der Waals surface area contributed by atoms with Crippen molar-refractivity contribution in [3.05, 3.63) is 54.1 Å². The highest BCUT2D eigenvalue weighted by atomic mass is 32.2. The molecule has 1 aromatic heterocycles. The van der Waals surface area contributed by atoms with Gasteiger partial charge in [-0.1, -0.05) is 36.0 Å². The number of benzene rings is 2. The van der Waals surface area contributed by atoms with E-state index >= 15 is 0 Å². The molecule has 0 bridgehead atoms. The van der Waals surface area contributed by atoms with Crippen molar-refractivity contribution in [1.82, 2.24) is 14.8 Å². The van der Waals surface area contributed by atoms with Crippen LogP contribution in [0.15, 0.2) is 53.7 Å². The minimum absolute atomic E-state index is 0.00958. The van der Waals surface area contributed by atoms with Gasteiger partial charge >= 0.3 is 0 Å². The van der Waals surface area contributed by atoms with Crippen LogP contribution in [0, 0.1) is 6.92 Å². The van der Waals surface area contributed by atoms with E-state index < -0.39 is 5.25 Å². The SMILES string of the molecule is Cc1cccc(-n2c(SC(C)C(=O)N3CC(=O)Nc4ccccc43)nnc2N2CCOCC2)c1. The Labute approximate surface area is 202 Å². The largest absolute Gasteiger partial charge is 0.378 e. The average molecular weight is 479 g/mol. The van der Waals surface area contributed by atoms with Crippen molar-refractivity contribution in [2.75, 3.05) is 48.0 Å². The number of rotatable bonds is 5. The van der Waals surface area contributed by atoms with Crippen molar-refractivity contribution in [1.29, 1.82) is 0 Å². The molecule has 1 saturated heterocycles. The van der Waals surface area contributed by atoms with E-state index in [2.05, 4.69) is 26.5 Å². The first-order chi connectivity index (χ1) is 16.5. The van der Waals surface area contributed by atoms with Gasteiger partial charge in [-0.05, 0) is 43.7 Å². The number of hydrogen-bond donors (Lipinski definition) is 1. The third kappa shape index (κ3) is 4.38. The molecule has 0 spiro atoms. The Morgan fingerprint density at radius 2 is 1.91 bits per heavy atom. The Hall–Kier alpha value is -3.37. The van der Waals surface area contributed by atoms with Gasteiger partial charge in [0.15, 0.2) is 5.16 Å². The zero-order valence-electron chi connectivity index (χ0n) is 19.1. The summed E-state index contributed by atoms with van der Waals surface area (Å²) in [7, 11) is 0. The molecule has 2 aliphatic rings. The van der Waals surface area contributed by atoms with Crippen molar-refractivity contribution >= 4 is 40.9 Å². The highest BCUT2D eigenvalue weighted by molar-refractivity contribution is 8.00. The van der Waals surface area contributed by atoms with Crippen LogP contribution in [0.2, 0.25) is 0 Å². The fourth-order valence-corrected chi connectivity index (χ4v) is 5.08. The third-order valence-electron chi connectivity index (χ3n) is 5.84. The Morgan fingerprint density at radius 3 is 2.71 bits per heavy atom. The van der Waals surface area contributed by atoms with E-state index in [0.29, 0.717) is 29.7 Å². The Balaban J connectivity index is 1.46. The average Bonchev–Trinajstić information content (AvgIpc) is 3.27. The summed E-state index contributed by atoms with van der Waals surface area (Å²) in [5.74, 6) is 0.375. The van der Waals surface area contributed by atoms with Crippen LogP contribution in [0.25, 0.3) is 5.69 Å². The van der Waals surface area contributed by atoms with Crippen LogP contribution in [0.5, 0.6) is 0 Å². The second-order valence-electron chi connectivity index (χ2n) is 8.31. The van der Waals surface area contributed by atoms with Gasteiger partial charge in [0.25, 0.3) is 0 Å². The number of carbonyl (C=O) groups is 2. The zero-order chi connectivity index (χ0) is 23.7. The number of anilines is 3. The predicted molar refractivity (Wildman–Crippen MR) is 132 cm³/mol. The number of ether oxygens (including phenoxy) is 1. The lowest BCUT2D eigenvalue weighted by molar-refractivity contribution is -0.121. The number of thioether (sulfide) groups is 1. The summed E-state index contributed by atoms with van der Waals surface area (Å²) in [6, 6.07) is 15.5. The number of nitrogens with one attached hydrogen (secondary N) is 1. The van der Waals surface area contributed by atoms with Crippen LogP contribution < -0.4 is 15.1 Å². The Bertz CT molecular complexity index is 1220. The molecule has 9 nitrogen and oxygen atoms in total. The van der Waals surface area contributed by atoms with Crippen molar-refractivity contribution in [2.24, 2.45) is 0 Å². The number of aryl methyl sites for hydroxylation is 1. The molecule has 2 aliphatic heterocycles. The van der Waals surface area contributed by atoms with Gasteiger partial charge in [0.05, 0.1) is 35.5 Å². The molecule has 2 amide bonds. The number of amides is 2. The highest BCUT2D eigenvalue weighted by Gasteiger charge is 2.32. The van der Waals surface area contributed by atoms with Crippen molar-refractivity contribution in [3.63, 3.8) is 0 Å². The molecule has 176 valence electrons. The maximum Gasteiger partial charge on any atom is 0.244 e.